The number of carbonyl (C=O) groups excluding carboxylic acids is 1. The highest BCUT2D eigenvalue weighted by molar-refractivity contribution is 5.95. The van der Waals surface area contributed by atoms with Gasteiger partial charge in [-0.3, -0.25) is 4.79 Å². The molecule has 0 saturated carbocycles. The van der Waals surface area contributed by atoms with Crippen molar-refractivity contribution in [2.45, 2.75) is 32.4 Å². The number of nitrogens with one attached hydrogen (secondary N) is 1. The first kappa shape index (κ1) is 17.5. The lowest BCUT2D eigenvalue weighted by Crippen LogP contribution is -2.28. The summed E-state index contributed by atoms with van der Waals surface area (Å²) in [7, 11) is 1.64. The molecule has 0 aliphatic carbocycles. The fraction of sp³-hybridized carbons (Fsp3) is 0.381. The number of ether oxygens (including phenoxy) is 1. The summed E-state index contributed by atoms with van der Waals surface area (Å²) >= 11 is 0. The molecular weight excluding hydrogens is 312 g/mol. The van der Waals surface area contributed by atoms with Gasteiger partial charge < -0.3 is 15.0 Å². The number of amides is 1. The molecule has 0 bridgehead atoms. The van der Waals surface area contributed by atoms with Crippen LogP contribution in [0.15, 0.2) is 48.5 Å². The topological polar surface area (TPSA) is 41.6 Å². The van der Waals surface area contributed by atoms with Crippen molar-refractivity contribution in [3.05, 3.63) is 65.2 Å². The van der Waals surface area contributed by atoms with Crippen molar-refractivity contribution >= 4 is 11.6 Å². The molecule has 1 amide bonds. The van der Waals surface area contributed by atoms with E-state index in [2.05, 4.69) is 34.5 Å². The van der Waals surface area contributed by atoms with Crippen molar-refractivity contribution in [3.63, 3.8) is 0 Å². The fourth-order valence-electron chi connectivity index (χ4n) is 3.35. The maximum absolute atomic E-state index is 12.7. The van der Waals surface area contributed by atoms with E-state index in [0.29, 0.717) is 12.2 Å². The zero-order chi connectivity index (χ0) is 17.6. The molecule has 1 N–H and O–H groups in total. The first-order valence-corrected chi connectivity index (χ1v) is 8.91. The Labute approximate surface area is 149 Å². The Bertz CT molecular complexity index is 723. The molecule has 0 unspecified atom stereocenters. The third-order valence-electron chi connectivity index (χ3n) is 4.75. The van der Waals surface area contributed by atoms with Gasteiger partial charge in [0, 0.05) is 31.5 Å². The van der Waals surface area contributed by atoms with E-state index in [0.717, 1.165) is 24.2 Å². The Morgan fingerprint density at radius 2 is 1.92 bits per heavy atom. The van der Waals surface area contributed by atoms with Crippen LogP contribution < -0.4 is 10.2 Å². The van der Waals surface area contributed by atoms with Gasteiger partial charge in [0.2, 0.25) is 0 Å². The molecule has 0 aromatic heterocycles. The van der Waals surface area contributed by atoms with E-state index < -0.39 is 0 Å². The second kappa shape index (κ2) is 8.17. The van der Waals surface area contributed by atoms with Gasteiger partial charge in [-0.15, -0.1) is 0 Å². The standard InChI is InChI=1S/C21H26N2O2/c1-16(17-9-7-10-19(14-17)23-12-5-6-13-23)22-21(24)20-11-4-3-8-18(20)15-25-2/h3-4,7-11,14,16H,5-6,12-13,15H2,1-2H3,(H,22,24)/t16-/m0/s1. The maximum Gasteiger partial charge on any atom is 0.252 e. The minimum absolute atomic E-state index is 0.0503. The van der Waals surface area contributed by atoms with Gasteiger partial charge in [0.25, 0.3) is 5.91 Å². The van der Waals surface area contributed by atoms with Gasteiger partial charge in [0.1, 0.15) is 0 Å². The lowest BCUT2D eigenvalue weighted by molar-refractivity contribution is 0.0935. The van der Waals surface area contributed by atoms with Crippen LogP contribution in [0.2, 0.25) is 0 Å². The Balaban J connectivity index is 1.72. The number of methoxy groups -OCH3 is 1. The van der Waals surface area contributed by atoms with Crippen molar-refractivity contribution in [1.82, 2.24) is 5.32 Å². The molecule has 1 heterocycles. The number of hydrogen-bond donors (Lipinski definition) is 1. The summed E-state index contributed by atoms with van der Waals surface area (Å²) in [5.74, 6) is -0.0632. The summed E-state index contributed by atoms with van der Waals surface area (Å²) in [6.07, 6.45) is 2.51. The molecule has 25 heavy (non-hydrogen) atoms. The van der Waals surface area contributed by atoms with E-state index in [1.165, 1.54) is 18.5 Å². The Kier molecular flexibility index (Phi) is 5.71. The molecule has 1 fully saturated rings. The summed E-state index contributed by atoms with van der Waals surface area (Å²) in [6, 6.07) is 16.0. The molecule has 2 aromatic carbocycles. The Hall–Kier alpha value is -2.33. The number of anilines is 1. The summed E-state index contributed by atoms with van der Waals surface area (Å²) in [4.78, 5) is 15.1. The number of rotatable bonds is 6. The van der Waals surface area contributed by atoms with Gasteiger partial charge in [0.05, 0.1) is 12.6 Å². The average Bonchev–Trinajstić information content (AvgIpc) is 3.17. The quantitative estimate of drug-likeness (QED) is 0.868. The number of hydrogen-bond acceptors (Lipinski definition) is 3. The van der Waals surface area contributed by atoms with Crippen LogP contribution >= 0.6 is 0 Å². The van der Waals surface area contributed by atoms with Gasteiger partial charge in [-0.2, -0.15) is 0 Å². The van der Waals surface area contributed by atoms with Crippen LogP contribution in [0.5, 0.6) is 0 Å². The summed E-state index contributed by atoms with van der Waals surface area (Å²) in [6.45, 7) is 4.70. The first-order valence-electron chi connectivity index (χ1n) is 8.91. The molecule has 4 nitrogen and oxygen atoms in total. The van der Waals surface area contributed by atoms with Crippen molar-refractivity contribution in [3.8, 4) is 0 Å². The van der Waals surface area contributed by atoms with Crippen LogP contribution in [0.1, 0.15) is 47.3 Å². The second-order valence-corrected chi connectivity index (χ2v) is 6.57. The zero-order valence-corrected chi connectivity index (χ0v) is 15.0. The van der Waals surface area contributed by atoms with E-state index in [-0.39, 0.29) is 11.9 Å². The van der Waals surface area contributed by atoms with Gasteiger partial charge in [0.15, 0.2) is 0 Å². The first-order chi connectivity index (χ1) is 12.2. The lowest BCUT2D eigenvalue weighted by atomic mass is 10.0. The molecule has 0 radical (unpaired) electrons. The Morgan fingerprint density at radius 1 is 1.16 bits per heavy atom. The molecular formula is C21H26N2O2. The molecule has 1 aliphatic rings. The van der Waals surface area contributed by atoms with Crippen molar-refractivity contribution < 1.29 is 9.53 Å². The van der Waals surface area contributed by atoms with Crippen molar-refractivity contribution in [1.29, 1.82) is 0 Å². The SMILES string of the molecule is COCc1ccccc1C(=O)N[C@@H](C)c1cccc(N2CCCC2)c1. The van der Waals surface area contributed by atoms with Gasteiger partial charge >= 0.3 is 0 Å². The van der Waals surface area contributed by atoms with Gasteiger partial charge in [-0.25, -0.2) is 0 Å². The predicted molar refractivity (Wildman–Crippen MR) is 101 cm³/mol. The molecule has 2 aromatic rings. The highest BCUT2D eigenvalue weighted by atomic mass is 16.5. The highest BCUT2D eigenvalue weighted by Crippen LogP contribution is 2.24. The van der Waals surface area contributed by atoms with Crippen LogP contribution in [0, 0.1) is 0 Å². The molecule has 0 spiro atoms. The lowest BCUT2D eigenvalue weighted by Gasteiger charge is -2.21. The van der Waals surface area contributed by atoms with E-state index in [1.54, 1.807) is 7.11 Å². The summed E-state index contributed by atoms with van der Waals surface area (Å²) < 4.78 is 5.20. The van der Waals surface area contributed by atoms with Crippen LogP contribution in [-0.4, -0.2) is 26.1 Å². The second-order valence-electron chi connectivity index (χ2n) is 6.57. The molecule has 3 rings (SSSR count). The summed E-state index contributed by atoms with van der Waals surface area (Å²) in [5.41, 5.74) is 3.95. The Morgan fingerprint density at radius 3 is 2.68 bits per heavy atom. The smallest absolute Gasteiger partial charge is 0.252 e. The third kappa shape index (κ3) is 4.20. The third-order valence-corrected chi connectivity index (χ3v) is 4.75. The molecule has 4 heteroatoms. The van der Waals surface area contributed by atoms with E-state index in [1.807, 2.05) is 31.2 Å². The van der Waals surface area contributed by atoms with Gasteiger partial charge in [-0.1, -0.05) is 30.3 Å². The van der Waals surface area contributed by atoms with E-state index in [9.17, 15) is 4.79 Å². The van der Waals surface area contributed by atoms with Crippen molar-refractivity contribution in [2.24, 2.45) is 0 Å². The minimum Gasteiger partial charge on any atom is -0.380 e. The largest absolute Gasteiger partial charge is 0.380 e. The minimum atomic E-state index is -0.0632. The van der Waals surface area contributed by atoms with E-state index in [4.69, 9.17) is 4.74 Å². The summed E-state index contributed by atoms with van der Waals surface area (Å²) in [5, 5.41) is 3.12. The normalized spacial score (nSPS) is 15.2. The van der Waals surface area contributed by atoms with Crippen LogP contribution in [0.3, 0.4) is 0 Å². The maximum atomic E-state index is 12.7. The van der Waals surface area contributed by atoms with E-state index >= 15 is 0 Å². The van der Waals surface area contributed by atoms with Crippen molar-refractivity contribution in [2.75, 3.05) is 25.1 Å². The monoisotopic (exact) mass is 338 g/mol. The van der Waals surface area contributed by atoms with Gasteiger partial charge in [-0.05, 0) is 49.1 Å². The fourth-order valence-corrected chi connectivity index (χ4v) is 3.35. The average molecular weight is 338 g/mol. The zero-order valence-electron chi connectivity index (χ0n) is 15.0. The van der Waals surface area contributed by atoms with Crippen LogP contribution in [0.25, 0.3) is 0 Å². The van der Waals surface area contributed by atoms with Crippen LogP contribution in [0.4, 0.5) is 5.69 Å². The molecule has 1 aliphatic heterocycles. The highest BCUT2D eigenvalue weighted by Gasteiger charge is 2.17. The molecule has 1 atom stereocenters. The van der Waals surface area contributed by atoms with Crippen LogP contribution in [-0.2, 0) is 11.3 Å². The molecule has 132 valence electrons. The number of benzene rings is 2. The predicted octanol–water partition coefficient (Wildman–Crippen LogP) is 3.92. The number of nitrogens with zero attached hydrogens (tertiary/aromatic N) is 1. The number of carbonyl (C=O) groups is 1. The molecule has 1 saturated heterocycles.